The van der Waals surface area contributed by atoms with Crippen molar-refractivity contribution in [3.63, 3.8) is 0 Å². The van der Waals surface area contributed by atoms with Gasteiger partial charge in [-0.2, -0.15) is 13.2 Å². The number of amides is 1. The first-order valence-electron chi connectivity index (χ1n) is 6.40. The number of carbonyl (C=O) groups excluding carboxylic acids is 1. The Bertz CT molecular complexity index is 571. The summed E-state index contributed by atoms with van der Waals surface area (Å²) in [5, 5.41) is 3.10. The SMILES string of the molecule is CC(C)NC(=S)NNC(=O)/C=C/c1cccc(C(F)(F)F)c1. The number of hydrogen-bond donors (Lipinski definition) is 3. The van der Waals surface area contributed by atoms with Gasteiger partial charge >= 0.3 is 6.18 Å². The maximum absolute atomic E-state index is 12.5. The fourth-order valence-corrected chi connectivity index (χ4v) is 1.74. The van der Waals surface area contributed by atoms with Crippen LogP contribution < -0.4 is 16.2 Å². The minimum absolute atomic E-state index is 0.109. The summed E-state index contributed by atoms with van der Waals surface area (Å²) in [6, 6.07) is 4.78. The molecule has 0 saturated heterocycles. The maximum atomic E-state index is 12.5. The van der Waals surface area contributed by atoms with Crippen molar-refractivity contribution in [3.8, 4) is 0 Å². The van der Waals surface area contributed by atoms with Gasteiger partial charge in [0.2, 0.25) is 0 Å². The molecule has 120 valence electrons. The van der Waals surface area contributed by atoms with Gasteiger partial charge in [0.05, 0.1) is 5.56 Å². The first-order valence-corrected chi connectivity index (χ1v) is 6.81. The Kier molecular flexibility index (Phi) is 6.36. The Morgan fingerprint density at radius 1 is 1.27 bits per heavy atom. The highest BCUT2D eigenvalue weighted by Gasteiger charge is 2.30. The third-order valence-electron chi connectivity index (χ3n) is 2.36. The van der Waals surface area contributed by atoms with E-state index in [4.69, 9.17) is 12.2 Å². The Balaban J connectivity index is 2.58. The van der Waals surface area contributed by atoms with E-state index in [-0.39, 0.29) is 16.7 Å². The second kappa shape index (κ2) is 7.79. The zero-order valence-electron chi connectivity index (χ0n) is 12.0. The summed E-state index contributed by atoms with van der Waals surface area (Å²) in [4.78, 5) is 11.5. The van der Waals surface area contributed by atoms with Crippen LogP contribution in [0, 0.1) is 0 Å². The van der Waals surface area contributed by atoms with Gasteiger partial charge in [0, 0.05) is 12.1 Å². The molecule has 0 unspecified atom stereocenters. The lowest BCUT2D eigenvalue weighted by Gasteiger charge is -2.12. The van der Waals surface area contributed by atoms with Crippen molar-refractivity contribution in [2.75, 3.05) is 0 Å². The molecule has 0 atom stereocenters. The number of alkyl halides is 3. The lowest BCUT2D eigenvalue weighted by atomic mass is 10.1. The minimum Gasteiger partial charge on any atom is -0.359 e. The van der Waals surface area contributed by atoms with E-state index in [9.17, 15) is 18.0 Å². The molecule has 1 rings (SSSR count). The predicted octanol–water partition coefficient (Wildman–Crippen LogP) is 2.62. The van der Waals surface area contributed by atoms with Crippen molar-refractivity contribution in [3.05, 3.63) is 41.5 Å². The highest BCUT2D eigenvalue weighted by molar-refractivity contribution is 7.80. The van der Waals surface area contributed by atoms with E-state index in [2.05, 4.69) is 16.2 Å². The fraction of sp³-hybridized carbons (Fsp3) is 0.286. The molecule has 0 saturated carbocycles. The molecule has 8 heteroatoms. The van der Waals surface area contributed by atoms with Crippen LogP contribution in [0.5, 0.6) is 0 Å². The van der Waals surface area contributed by atoms with Crippen molar-refractivity contribution in [2.24, 2.45) is 0 Å². The molecule has 22 heavy (non-hydrogen) atoms. The van der Waals surface area contributed by atoms with E-state index in [0.29, 0.717) is 0 Å². The standard InChI is InChI=1S/C14H16F3N3OS/c1-9(2)18-13(22)20-19-12(21)7-6-10-4-3-5-11(8-10)14(15,16)17/h3-9H,1-2H3,(H,19,21)(H2,18,20,22)/b7-6+. The number of rotatable bonds is 3. The van der Waals surface area contributed by atoms with Crippen molar-refractivity contribution < 1.29 is 18.0 Å². The zero-order valence-corrected chi connectivity index (χ0v) is 12.8. The van der Waals surface area contributed by atoms with Crippen molar-refractivity contribution >= 4 is 29.3 Å². The van der Waals surface area contributed by atoms with E-state index < -0.39 is 17.6 Å². The molecule has 3 N–H and O–H groups in total. The highest BCUT2D eigenvalue weighted by atomic mass is 32.1. The van der Waals surface area contributed by atoms with Gasteiger partial charge < -0.3 is 5.32 Å². The van der Waals surface area contributed by atoms with Crippen LogP contribution in [0.2, 0.25) is 0 Å². The predicted molar refractivity (Wildman–Crippen MR) is 82.6 cm³/mol. The molecule has 0 bridgehead atoms. The maximum Gasteiger partial charge on any atom is 0.416 e. The molecule has 4 nitrogen and oxygen atoms in total. The Morgan fingerprint density at radius 3 is 2.55 bits per heavy atom. The third kappa shape index (κ3) is 6.57. The second-order valence-corrected chi connectivity index (χ2v) is 5.11. The molecule has 0 heterocycles. The van der Waals surface area contributed by atoms with Crippen LogP contribution in [0.15, 0.2) is 30.3 Å². The summed E-state index contributed by atoms with van der Waals surface area (Å²) >= 11 is 4.90. The average molecular weight is 331 g/mol. The summed E-state index contributed by atoms with van der Waals surface area (Å²) in [5.41, 5.74) is 4.28. The molecule has 0 aliphatic carbocycles. The molecular weight excluding hydrogens is 315 g/mol. The summed E-state index contributed by atoms with van der Waals surface area (Å²) in [6.45, 7) is 3.76. The molecule has 1 amide bonds. The lowest BCUT2D eigenvalue weighted by molar-refractivity contribution is -0.137. The highest BCUT2D eigenvalue weighted by Crippen LogP contribution is 2.29. The Morgan fingerprint density at radius 2 is 1.95 bits per heavy atom. The molecule has 0 fully saturated rings. The van der Waals surface area contributed by atoms with Crippen LogP contribution in [0.25, 0.3) is 6.08 Å². The van der Waals surface area contributed by atoms with Crippen molar-refractivity contribution in [1.82, 2.24) is 16.2 Å². The van der Waals surface area contributed by atoms with Gasteiger partial charge in [0.25, 0.3) is 5.91 Å². The van der Waals surface area contributed by atoms with Gasteiger partial charge in [-0.25, -0.2) is 0 Å². The van der Waals surface area contributed by atoms with Crippen LogP contribution in [-0.4, -0.2) is 17.1 Å². The first-order chi connectivity index (χ1) is 10.2. The van der Waals surface area contributed by atoms with E-state index in [0.717, 1.165) is 18.2 Å². The molecule has 1 aromatic carbocycles. The van der Waals surface area contributed by atoms with Crippen molar-refractivity contribution in [1.29, 1.82) is 0 Å². The quantitative estimate of drug-likeness (QED) is 0.453. The first kappa shape index (κ1) is 18.0. The summed E-state index contributed by atoms with van der Waals surface area (Å²) in [7, 11) is 0. The molecule has 0 aromatic heterocycles. The smallest absolute Gasteiger partial charge is 0.359 e. The van der Waals surface area contributed by atoms with E-state index in [1.54, 1.807) is 0 Å². The van der Waals surface area contributed by atoms with Gasteiger partial charge in [-0.05, 0) is 49.8 Å². The zero-order chi connectivity index (χ0) is 16.8. The normalized spacial score (nSPS) is 11.5. The van der Waals surface area contributed by atoms with E-state index >= 15 is 0 Å². The number of thiocarbonyl (C=S) groups is 1. The topological polar surface area (TPSA) is 53.2 Å². The van der Waals surface area contributed by atoms with Gasteiger partial charge in [0.15, 0.2) is 5.11 Å². The second-order valence-electron chi connectivity index (χ2n) is 4.70. The molecule has 0 aliphatic heterocycles. The molecule has 0 radical (unpaired) electrons. The molecule has 1 aromatic rings. The van der Waals surface area contributed by atoms with Gasteiger partial charge in [-0.1, -0.05) is 12.1 Å². The van der Waals surface area contributed by atoms with Crippen LogP contribution in [0.4, 0.5) is 13.2 Å². The minimum atomic E-state index is -4.41. The Hall–Kier alpha value is -2.09. The number of nitrogens with one attached hydrogen (secondary N) is 3. The number of halogens is 3. The van der Waals surface area contributed by atoms with E-state index in [1.165, 1.54) is 18.2 Å². The fourth-order valence-electron chi connectivity index (χ4n) is 1.45. The third-order valence-corrected chi connectivity index (χ3v) is 2.58. The number of carbonyl (C=O) groups is 1. The molecular formula is C14H16F3N3OS. The number of benzene rings is 1. The largest absolute Gasteiger partial charge is 0.416 e. The van der Waals surface area contributed by atoms with E-state index in [1.807, 2.05) is 13.8 Å². The molecule has 0 spiro atoms. The van der Waals surface area contributed by atoms with Crippen LogP contribution >= 0.6 is 12.2 Å². The van der Waals surface area contributed by atoms with Gasteiger partial charge in [-0.3, -0.25) is 15.6 Å². The van der Waals surface area contributed by atoms with Crippen LogP contribution in [-0.2, 0) is 11.0 Å². The average Bonchev–Trinajstić information content (AvgIpc) is 2.41. The number of hydrazine groups is 1. The monoisotopic (exact) mass is 331 g/mol. The van der Waals surface area contributed by atoms with Gasteiger partial charge in [0.1, 0.15) is 0 Å². The van der Waals surface area contributed by atoms with Crippen LogP contribution in [0.3, 0.4) is 0 Å². The van der Waals surface area contributed by atoms with Crippen LogP contribution in [0.1, 0.15) is 25.0 Å². The van der Waals surface area contributed by atoms with Crippen molar-refractivity contribution in [2.45, 2.75) is 26.1 Å². The molecule has 0 aliphatic rings. The lowest BCUT2D eigenvalue weighted by Crippen LogP contribution is -2.48. The Labute approximate surface area is 131 Å². The summed E-state index contributed by atoms with van der Waals surface area (Å²) < 4.78 is 37.6. The summed E-state index contributed by atoms with van der Waals surface area (Å²) in [5.74, 6) is -0.537. The van der Waals surface area contributed by atoms with Gasteiger partial charge in [-0.15, -0.1) is 0 Å². The number of hydrogen-bond acceptors (Lipinski definition) is 2. The summed E-state index contributed by atoms with van der Waals surface area (Å²) in [6.07, 6.45) is -2.02.